The van der Waals surface area contributed by atoms with E-state index >= 15 is 0 Å². The zero-order chi connectivity index (χ0) is 31.0. The fraction of sp³-hybridized carbons (Fsp3) is 0.625. The van der Waals surface area contributed by atoms with Gasteiger partial charge in [-0.3, -0.25) is 24.1 Å². The molecule has 2 fully saturated rings. The first-order valence-electron chi connectivity index (χ1n) is 15.2. The summed E-state index contributed by atoms with van der Waals surface area (Å²) in [6, 6.07) is 4.87. The summed E-state index contributed by atoms with van der Waals surface area (Å²) < 4.78 is 15.9. The van der Waals surface area contributed by atoms with E-state index in [0.717, 1.165) is 31.3 Å². The topological polar surface area (TPSA) is 147 Å². The normalized spacial score (nSPS) is 23.2. The number of hydrogen-bond donors (Lipinski definition) is 3. The molecule has 0 spiro atoms. The molecule has 5 atom stereocenters. The second-order valence-corrected chi connectivity index (χ2v) is 11.9. The van der Waals surface area contributed by atoms with Crippen LogP contribution >= 0.6 is 0 Å². The van der Waals surface area contributed by atoms with Gasteiger partial charge >= 0.3 is 0 Å². The second kappa shape index (κ2) is 15.1. The van der Waals surface area contributed by atoms with Crippen LogP contribution in [0.25, 0.3) is 0 Å². The molecule has 0 unspecified atom stereocenters. The number of amides is 2. The molecule has 1 aromatic rings. The predicted molar refractivity (Wildman–Crippen MR) is 158 cm³/mol. The number of nitrogens with zero attached hydrogens (tertiary/aromatic N) is 1. The number of benzene rings is 1. The lowest BCUT2D eigenvalue weighted by molar-refractivity contribution is -0.137. The fourth-order valence-corrected chi connectivity index (χ4v) is 5.56. The molecule has 0 aromatic heterocycles. The zero-order valence-corrected chi connectivity index (χ0v) is 25.4. The van der Waals surface area contributed by atoms with Crippen molar-refractivity contribution in [1.29, 1.82) is 0 Å². The maximum Gasteiger partial charge on any atom is 0.234 e. The van der Waals surface area contributed by atoms with Gasteiger partial charge in [0.25, 0.3) is 0 Å². The number of carbonyl (C=O) groups excluding carboxylic acids is 4. The van der Waals surface area contributed by atoms with Crippen molar-refractivity contribution in [2.24, 2.45) is 5.92 Å². The highest BCUT2D eigenvalue weighted by atomic mass is 16.6. The monoisotopic (exact) mass is 599 g/mol. The van der Waals surface area contributed by atoms with Gasteiger partial charge in [0, 0.05) is 19.5 Å². The highest BCUT2D eigenvalue weighted by Gasteiger charge is 2.50. The molecule has 0 bridgehead atoms. The maximum atomic E-state index is 13.9. The van der Waals surface area contributed by atoms with Gasteiger partial charge in [-0.1, -0.05) is 23.8 Å². The summed E-state index contributed by atoms with van der Waals surface area (Å²) in [5, 5.41) is 17.0. The number of carbonyl (C=O) groups is 4. The Labute approximate surface area is 253 Å². The minimum atomic E-state index is -1.34. The number of nitrogens with one attached hydrogen (secondary N) is 2. The van der Waals surface area contributed by atoms with Crippen LogP contribution in [0.15, 0.2) is 35.9 Å². The summed E-state index contributed by atoms with van der Waals surface area (Å²) >= 11 is 0. The van der Waals surface area contributed by atoms with Gasteiger partial charge in [-0.15, -0.1) is 0 Å². The molecule has 43 heavy (non-hydrogen) atoms. The van der Waals surface area contributed by atoms with Crippen molar-refractivity contribution in [1.82, 2.24) is 15.5 Å². The molecule has 2 aliphatic heterocycles. The molecule has 1 aromatic carbocycles. The molecule has 2 saturated heterocycles. The largest absolute Gasteiger partial charge is 0.497 e. The van der Waals surface area contributed by atoms with E-state index in [1.807, 2.05) is 4.90 Å². The van der Waals surface area contributed by atoms with Gasteiger partial charge in [0.15, 0.2) is 11.6 Å². The third-order valence-electron chi connectivity index (χ3n) is 8.51. The summed E-state index contributed by atoms with van der Waals surface area (Å²) in [7, 11) is 1.53. The summed E-state index contributed by atoms with van der Waals surface area (Å²) in [5.41, 5.74) is 0.578. The van der Waals surface area contributed by atoms with Crippen LogP contribution < -0.4 is 15.4 Å². The van der Waals surface area contributed by atoms with Crippen molar-refractivity contribution in [3.8, 4) is 5.75 Å². The molecule has 1 aliphatic carbocycles. The lowest BCUT2D eigenvalue weighted by atomic mass is 9.86. The highest BCUT2D eigenvalue weighted by Crippen LogP contribution is 2.32. The number of hydrogen-bond acceptors (Lipinski definition) is 9. The van der Waals surface area contributed by atoms with Crippen LogP contribution in [0, 0.1) is 5.92 Å². The fourth-order valence-electron chi connectivity index (χ4n) is 5.56. The van der Waals surface area contributed by atoms with Gasteiger partial charge in [-0.05, 0) is 63.6 Å². The maximum absolute atomic E-state index is 13.9. The Morgan fingerprint density at radius 1 is 1.09 bits per heavy atom. The SMILES string of the molecule is COc1ccc([C@@H](O)[C@H](CC(=O)[C@H](C)NC(=O)CN2CCOCC2)C(=O)N[C@@H](CC2=CCCCC2)C(=O)[C@@]2(C)CO2)cc1. The van der Waals surface area contributed by atoms with Crippen molar-refractivity contribution in [2.75, 3.05) is 46.6 Å². The lowest BCUT2D eigenvalue weighted by Crippen LogP contribution is -2.50. The van der Waals surface area contributed by atoms with Crippen LogP contribution in [0.1, 0.15) is 64.0 Å². The van der Waals surface area contributed by atoms with E-state index in [1.165, 1.54) is 7.11 Å². The summed E-state index contributed by atoms with van der Waals surface area (Å²) in [6.07, 6.45) is 4.71. The molecule has 11 heteroatoms. The summed E-state index contributed by atoms with van der Waals surface area (Å²) in [4.78, 5) is 55.2. The predicted octanol–water partition coefficient (Wildman–Crippen LogP) is 1.87. The summed E-state index contributed by atoms with van der Waals surface area (Å²) in [5.74, 6) is -2.17. The van der Waals surface area contributed by atoms with Gasteiger partial charge in [-0.25, -0.2) is 0 Å². The Balaban J connectivity index is 1.49. The van der Waals surface area contributed by atoms with Gasteiger partial charge in [0.1, 0.15) is 11.4 Å². The zero-order valence-electron chi connectivity index (χ0n) is 25.4. The summed E-state index contributed by atoms with van der Waals surface area (Å²) in [6.45, 7) is 6.07. The van der Waals surface area contributed by atoms with Crippen LogP contribution in [0.4, 0.5) is 0 Å². The molecule has 11 nitrogen and oxygen atoms in total. The number of methoxy groups -OCH3 is 1. The number of ketones is 2. The first-order chi connectivity index (χ1) is 20.6. The molecule has 0 saturated carbocycles. The molecule has 4 rings (SSSR count). The molecule has 3 N–H and O–H groups in total. The number of morpholine rings is 1. The standard InChI is InChI=1S/C32H45N3O8/c1-21(33-28(37)19-35-13-15-42-16-14-35)27(36)18-25(29(38)23-9-11-24(41-3)12-10-23)31(40)34-26(30(39)32(2)20-43-32)17-22-7-5-4-6-8-22/h7,9-12,21,25-26,29,38H,4-6,8,13-20H2,1-3H3,(H,33,37)(H,34,40)/t21-,25-,26-,29+,32+/m0/s1. The molecule has 3 aliphatic rings. The van der Waals surface area contributed by atoms with E-state index in [0.29, 0.717) is 44.0 Å². The minimum absolute atomic E-state index is 0.139. The van der Waals surface area contributed by atoms with Gasteiger partial charge in [-0.2, -0.15) is 0 Å². The third-order valence-corrected chi connectivity index (χ3v) is 8.51. The first kappa shape index (κ1) is 32.8. The van der Waals surface area contributed by atoms with E-state index in [-0.39, 0.29) is 31.3 Å². The number of aliphatic hydroxyl groups is 1. The van der Waals surface area contributed by atoms with Crippen molar-refractivity contribution >= 4 is 23.4 Å². The Hall–Kier alpha value is -3.12. The average molecular weight is 600 g/mol. The van der Waals surface area contributed by atoms with Crippen LogP contribution in [-0.4, -0.2) is 97.6 Å². The van der Waals surface area contributed by atoms with Crippen molar-refractivity contribution in [2.45, 2.75) is 76.2 Å². The van der Waals surface area contributed by atoms with E-state index in [1.54, 1.807) is 38.1 Å². The smallest absolute Gasteiger partial charge is 0.234 e. The van der Waals surface area contributed by atoms with Gasteiger partial charge in [0.05, 0.1) is 57.6 Å². The number of rotatable bonds is 15. The Morgan fingerprint density at radius 2 is 1.79 bits per heavy atom. The Morgan fingerprint density at radius 3 is 2.40 bits per heavy atom. The molecule has 2 heterocycles. The number of allylic oxidation sites excluding steroid dienone is 1. The van der Waals surface area contributed by atoms with Crippen LogP contribution in [-0.2, 0) is 28.7 Å². The van der Waals surface area contributed by atoms with Crippen molar-refractivity contribution < 1.29 is 38.5 Å². The van der Waals surface area contributed by atoms with Crippen molar-refractivity contribution in [3.05, 3.63) is 41.5 Å². The number of aliphatic hydroxyl groups excluding tert-OH is 1. The molecular formula is C32H45N3O8. The molecule has 236 valence electrons. The first-order valence-corrected chi connectivity index (χ1v) is 15.2. The van der Waals surface area contributed by atoms with Crippen LogP contribution in [0.2, 0.25) is 0 Å². The number of epoxide rings is 1. The van der Waals surface area contributed by atoms with E-state index in [4.69, 9.17) is 14.2 Å². The highest BCUT2D eigenvalue weighted by molar-refractivity contribution is 5.98. The molecule has 0 radical (unpaired) electrons. The van der Waals surface area contributed by atoms with Crippen LogP contribution in [0.5, 0.6) is 5.75 Å². The van der Waals surface area contributed by atoms with Gasteiger partial charge in [0.2, 0.25) is 11.8 Å². The van der Waals surface area contributed by atoms with E-state index < -0.39 is 41.4 Å². The molecular weight excluding hydrogens is 554 g/mol. The Kier molecular flexibility index (Phi) is 11.5. The average Bonchev–Trinajstić information content (AvgIpc) is 3.77. The number of Topliss-reactive ketones (excluding diaryl/α,β-unsaturated/α-hetero) is 2. The third kappa shape index (κ3) is 9.18. The van der Waals surface area contributed by atoms with Gasteiger partial charge < -0.3 is 30.0 Å². The lowest BCUT2D eigenvalue weighted by Gasteiger charge is -2.28. The van der Waals surface area contributed by atoms with E-state index in [2.05, 4.69) is 16.7 Å². The van der Waals surface area contributed by atoms with E-state index in [9.17, 15) is 24.3 Å². The quantitative estimate of drug-likeness (QED) is 0.203. The second-order valence-electron chi connectivity index (χ2n) is 11.9. The number of ether oxygens (including phenoxy) is 3. The van der Waals surface area contributed by atoms with Crippen LogP contribution in [0.3, 0.4) is 0 Å². The molecule has 2 amide bonds. The Bertz CT molecular complexity index is 1170. The van der Waals surface area contributed by atoms with Crippen molar-refractivity contribution in [3.63, 3.8) is 0 Å². The minimum Gasteiger partial charge on any atom is -0.497 e.